The predicted octanol–water partition coefficient (Wildman–Crippen LogP) is 3.27. The summed E-state index contributed by atoms with van der Waals surface area (Å²) in [6, 6.07) is 10.3. The summed E-state index contributed by atoms with van der Waals surface area (Å²) in [5.74, 6) is 0. The van der Waals surface area contributed by atoms with E-state index in [2.05, 4.69) is 17.2 Å². The molecule has 4 heteroatoms. The van der Waals surface area contributed by atoms with Crippen molar-refractivity contribution in [3.05, 3.63) is 52.3 Å². The van der Waals surface area contributed by atoms with Gasteiger partial charge in [-0.05, 0) is 24.8 Å². The second kappa shape index (κ2) is 5.47. The van der Waals surface area contributed by atoms with E-state index in [0.717, 1.165) is 30.7 Å². The minimum atomic E-state index is -0.419. The van der Waals surface area contributed by atoms with Gasteiger partial charge in [-0.3, -0.25) is 4.68 Å². The van der Waals surface area contributed by atoms with E-state index in [9.17, 15) is 5.11 Å². The highest BCUT2D eigenvalue weighted by Gasteiger charge is 2.50. The van der Waals surface area contributed by atoms with Crippen molar-refractivity contribution < 1.29 is 5.11 Å². The number of benzene rings is 1. The lowest BCUT2D eigenvalue weighted by Crippen LogP contribution is -2.29. The Morgan fingerprint density at radius 3 is 2.52 bits per heavy atom. The van der Waals surface area contributed by atoms with Gasteiger partial charge in [-0.15, -0.1) is 0 Å². The van der Waals surface area contributed by atoms with Crippen LogP contribution in [0.1, 0.15) is 36.7 Å². The normalized spacial score (nSPS) is 17.7. The van der Waals surface area contributed by atoms with Crippen molar-refractivity contribution in [2.75, 3.05) is 0 Å². The van der Waals surface area contributed by atoms with Crippen LogP contribution >= 0.6 is 11.6 Å². The highest BCUT2D eigenvalue weighted by molar-refractivity contribution is 6.31. The molecule has 0 radical (unpaired) electrons. The maximum Gasteiger partial charge on any atom is 0.0850 e. The molecule has 21 heavy (non-hydrogen) atoms. The van der Waals surface area contributed by atoms with Crippen LogP contribution in [-0.4, -0.2) is 21.0 Å². The summed E-state index contributed by atoms with van der Waals surface area (Å²) in [6.45, 7) is 2.04. The first-order chi connectivity index (χ1) is 10.1. The Morgan fingerprint density at radius 2 is 2.00 bits per heavy atom. The molecule has 1 unspecified atom stereocenters. The molecule has 112 valence electrons. The summed E-state index contributed by atoms with van der Waals surface area (Å²) in [4.78, 5) is 0. The Morgan fingerprint density at radius 1 is 1.33 bits per heavy atom. The van der Waals surface area contributed by atoms with E-state index >= 15 is 0 Å². The van der Waals surface area contributed by atoms with Crippen molar-refractivity contribution in [3.63, 3.8) is 0 Å². The molecular formula is C17H21ClN2O. The quantitative estimate of drug-likeness (QED) is 0.920. The molecule has 0 spiro atoms. The number of nitrogens with zero attached hydrogens (tertiary/aromatic N) is 2. The lowest BCUT2D eigenvalue weighted by Gasteiger charge is -2.23. The molecule has 1 N–H and O–H groups in total. The summed E-state index contributed by atoms with van der Waals surface area (Å²) in [6.07, 6.45) is 3.02. The van der Waals surface area contributed by atoms with Crippen molar-refractivity contribution in [1.82, 2.24) is 9.78 Å². The van der Waals surface area contributed by atoms with Crippen molar-refractivity contribution in [1.29, 1.82) is 0 Å². The van der Waals surface area contributed by atoms with Gasteiger partial charge in [-0.25, -0.2) is 0 Å². The van der Waals surface area contributed by atoms with Gasteiger partial charge in [0, 0.05) is 18.9 Å². The van der Waals surface area contributed by atoms with Gasteiger partial charge in [0.15, 0.2) is 0 Å². The lowest BCUT2D eigenvalue weighted by atomic mass is 9.87. The first-order valence-electron chi connectivity index (χ1n) is 7.52. The van der Waals surface area contributed by atoms with Crippen LogP contribution in [0, 0.1) is 0 Å². The molecule has 1 atom stereocenters. The second-order valence-corrected chi connectivity index (χ2v) is 6.30. The number of rotatable bonds is 5. The second-order valence-electron chi connectivity index (χ2n) is 5.93. The minimum absolute atomic E-state index is 0.0960. The van der Waals surface area contributed by atoms with Crippen LogP contribution in [-0.2, 0) is 25.3 Å². The lowest BCUT2D eigenvalue weighted by molar-refractivity contribution is 0.129. The molecule has 0 amide bonds. The number of hydrogen-bond donors (Lipinski definition) is 1. The maximum atomic E-state index is 10.8. The van der Waals surface area contributed by atoms with Gasteiger partial charge < -0.3 is 5.11 Å². The Labute approximate surface area is 130 Å². The smallest absolute Gasteiger partial charge is 0.0850 e. The van der Waals surface area contributed by atoms with E-state index in [1.54, 1.807) is 0 Å². The average molecular weight is 305 g/mol. The molecule has 1 saturated carbocycles. The molecule has 1 heterocycles. The molecule has 1 aliphatic carbocycles. The van der Waals surface area contributed by atoms with Crippen LogP contribution in [0.2, 0.25) is 5.02 Å². The average Bonchev–Trinajstić information content (AvgIpc) is 3.27. The fraction of sp³-hybridized carbons (Fsp3) is 0.471. The molecular weight excluding hydrogens is 284 g/mol. The van der Waals surface area contributed by atoms with Crippen LogP contribution in [0.15, 0.2) is 30.3 Å². The van der Waals surface area contributed by atoms with Gasteiger partial charge in [0.2, 0.25) is 0 Å². The van der Waals surface area contributed by atoms with Gasteiger partial charge in [0.25, 0.3) is 0 Å². The van der Waals surface area contributed by atoms with Crippen molar-refractivity contribution >= 4 is 11.6 Å². The zero-order valence-electron chi connectivity index (χ0n) is 12.5. The van der Waals surface area contributed by atoms with Crippen molar-refractivity contribution in [2.45, 2.75) is 44.1 Å². The molecule has 0 saturated heterocycles. The number of aromatic nitrogens is 2. The molecule has 1 aromatic heterocycles. The van der Waals surface area contributed by atoms with E-state index in [1.165, 1.54) is 5.56 Å². The Kier molecular flexibility index (Phi) is 3.80. The van der Waals surface area contributed by atoms with Gasteiger partial charge in [0.1, 0.15) is 0 Å². The van der Waals surface area contributed by atoms with Crippen LogP contribution in [0.4, 0.5) is 0 Å². The van der Waals surface area contributed by atoms with Gasteiger partial charge in [-0.1, -0.05) is 48.9 Å². The van der Waals surface area contributed by atoms with Gasteiger partial charge in [-0.2, -0.15) is 5.10 Å². The zero-order valence-corrected chi connectivity index (χ0v) is 13.3. The fourth-order valence-corrected chi connectivity index (χ4v) is 3.51. The minimum Gasteiger partial charge on any atom is -0.392 e. The number of aliphatic hydroxyl groups is 1. The summed E-state index contributed by atoms with van der Waals surface area (Å²) in [7, 11) is 1.90. The number of halogens is 1. The third kappa shape index (κ3) is 2.49. The third-order valence-electron chi connectivity index (χ3n) is 4.66. The maximum absolute atomic E-state index is 10.8. The summed E-state index contributed by atoms with van der Waals surface area (Å²) in [5, 5.41) is 15.9. The summed E-state index contributed by atoms with van der Waals surface area (Å²) < 4.78 is 1.81. The van der Waals surface area contributed by atoms with E-state index in [4.69, 9.17) is 11.6 Å². The van der Waals surface area contributed by atoms with Crippen LogP contribution in [0.3, 0.4) is 0 Å². The Balaban J connectivity index is 1.84. The summed E-state index contributed by atoms with van der Waals surface area (Å²) in [5.41, 5.74) is 2.97. The Hall–Kier alpha value is -1.32. The van der Waals surface area contributed by atoms with Crippen LogP contribution < -0.4 is 0 Å². The number of hydrogen-bond acceptors (Lipinski definition) is 2. The van der Waals surface area contributed by atoms with Crippen molar-refractivity contribution in [3.8, 4) is 0 Å². The van der Waals surface area contributed by atoms with Gasteiger partial charge >= 0.3 is 0 Å². The topological polar surface area (TPSA) is 38.0 Å². The van der Waals surface area contributed by atoms with Gasteiger partial charge in [0.05, 0.1) is 22.5 Å². The third-order valence-corrected chi connectivity index (χ3v) is 5.10. The molecule has 1 fully saturated rings. The molecule has 0 aliphatic heterocycles. The fourth-order valence-electron chi connectivity index (χ4n) is 3.14. The molecule has 1 aromatic carbocycles. The predicted molar refractivity (Wildman–Crippen MR) is 84.7 cm³/mol. The molecule has 2 aromatic rings. The number of aryl methyl sites for hydroxylation is 2. The number of aliphatic hydroxyl groups excluding tert-OH is 1. The van der Waals surface area contributed by atoms with E-state index in [0.29, 0.717) is 11.4 Å². The monoisotopic (exact) mass is 304 g/mol. The first-order valence-corrected chi connectivity index (χ1v) is 7.90. The standard InChI is InChI=1S/C17H21ClN2O/c1-3-13-16(18)14(20(2)19-13)11-15(21)17(9-10-17)12-7-5-4-6-8-12/h4-8,15,21H,3,9-11H2,1-2H3. The molecule has 3 nitrogen and oxygen atoms in total. The zero-order chi connectivity index (χ0) is 15.0. The molecule has 3 rings (SSSR count). The summed E-state index contributed by atoms with van der Waals surface area (Å²) >= 11 is 6.40. The largest absolute Gasteiger partial charge is 0.392 e. The Bertz CT molecular complexity index is 632. The van der Waals surface area contributed by atoms with Crippen LogP contribution in [0.5, 0.6) is 0 Å². The van der Waals surface area contributed by atoms with E-state index in [-0.39, 0.29) is 5.41 Å². The van der Waals surface area contributed by atoms with E-state index < -0.39 is 6.10 Å². The highest BCUT2D eigenvalue weighted by Crippen LogP contribution is 2.51. The molecule has 1 aliphatic rings. The highest BCUT2D eigenvalue weighted by atomic mass is 35.5. The van der Waals surface area contributed by atoms with Crippen molar-refractivity contribution in [2.24, 2.45) is 7.05 Å². The molecule has 0 bridgehead atoms. The first kappa shape index (κ1) is 14.6. The van der Waals surface area contributed by atoms with E-state index in [1.807, 2.05) is 36.9 Å². The van der Waals surface area contributed by atoms with Crippen LogP contribution in [0.25, 0.3) is 0 Å². The SMILES string of the molecule is CCc1nn(C)c(CC(O)C2(c3ccccc3)CC2)c1Cl.